The molecule has 1 aromatic rings. The number of nitrogens with zero attached hydrogens (tertiary/aromatic N) is 4. The van der Waals surface area contributed by atoms with E-state index in [0.29, 0.717) is 25.5 Å². The summed E-state index contributed by atoms with van der Waals surface area (Å²) in [5.41, 5.74) is 0. The minimum Gasteiger partial charge on any atom is -0.378 e. The lowest BCUT2D eigenvalue weighted by Crippen LogP contribution is -2.38. The van der Waals surface area contributed by atoms with Crippen LogP contribution in [0.25, 0.3) is 0 Å². The Morgan fingerprint density at radius 2 is 2.24 bits per heavy atom. The van der Waals surface area contributed by atoms with E-state index >= 15 is 0 Å². The minimum absolute atomic E-state index is 0.0292. The summed E-state index contributed by atoms with van der Waals surface area (Å²) in [6, 6.07) is 0. The zero-order chi connectivity index (χ0) is 15.1. The predicted octanol–water partition coefficient (Wildman–Crippen LogP) is 0.529. The molecule has 2 heterocycles. The molecule has 1 amide bonds. The number of hydrogen-bond acceptors (Lipinski definition) is 6. The third kappa shape index (κ3) is 4.21. The van der Waals surface area contributed by atoms with E-state index in [2.05, 4.69) is 33.9 Å². The fourth-order valence-electron chi connectivity index (χ4n) is 2.03. The van der Waals surface area contributed by atoms with Gasteiger partial charge in [0.25, 0.3) is 0 Å². The molecule has 0 aliphatic carbocycles. The van der Waals surface area contributed by atoms with Gasteiger partial charge >= 0.3 is 0 Å². The number of morpholine rings is 1. The molecule has 1 aromatic heterocycles. The number of nitrogens with one attached hydrogen (secondary N) is 1. The summed E-state index contributed by atoms with van der Waals surface area (Å²) in [6.07, 6.45) is 1.66. The summed E-state index contributed by atoms with van der Waals surface area (Å²) in [5.74, 6) is 1.16. The van der Waals surface area contributed by atoms with Gasteiger partial charge in [-0.05, 0) is 6.92 Å². The van der Waals surface area contributed by atoms with Crippen LogP contribution in [0, 0.1) is 0 Å². The topological polar surface area (TPSA) is 72.3 Å². The van der Waals surface area contributed by atoms with Crippen molar-refractivity contribution in [3.05, 3.63) is 12.7 Å². The van der Waals surface area contributed by atoms with Crippen LogP contribution < -0.4 is 10.2 Å². The van der Waals surface area contributed by atoms with Gasteiger partial charge in [-0.25, -0.2) is 0 Å². The monoisotopic (exact) mass is 311 g/mol. The van der Waals surface area contributed by atoms with Crippen molar-refractivity contribution in [2.24, 2.45) is 0 Å². The van der Waals surface area contributed by atoms with E-state index in [9.17, 15) is 4.79 Å². The van der Waals surface area contributed by atoms with Crippen LogP contribution in [0.3, 0.4) is 0 Å². The van der Waals surface area contributed by atoms with E-state index in [1.807, 2.05) is 4.57 Å². The number of amides is 1. The molecule has 0 spiro atoms. The summed E-state index contributed by atoms with van der Waals surface area (Å²) in [5, 5.41) is 12.0. The first-order valence-corrected chi connectivity index (χ1v) is 8.01. The fraction of sp³-hybridized carbons (Fsp3) is 0.615. The van der Waals surface area contributed by atoms with E-state index < -0.39 is 0 Å². The van der Waals surface area contributed by atoms with Crippen LogP contribution in [0.2, 0.25) is 0 Å². The predicted molar refractivity (Wildman–Crippen MR) is 82.7 cm³/mol. The van der Waals surface area contributed by atoms with Crippen molar-refractivity contribution in [3.63, 3.8) is 0 Å². The van der Waals surface area contributed by atoms with Crippen LogP contribution >= 0.6 is 11.8 Å². The number of aromatic nitrogens is 3. The first-order chi connectivity index (χ1) is 10.3. The van der Waals surface area contributed by atoms with Crippen LogP contribution in [-0.4, -0.2) is 59.3 Å². The number of hydrogen-bond donors (Lipinski definition) is 1. The van der Waals surface area contributed by atoms with Gasteiger partial charge in [0.1, 0.15) is 0 Å². The molecule has 0 radical (unpaired) electrons. The van der Waals surface area contributed by atoms with Crippen molar-refractivity contribution in [1.29, 1.82) is 0 Å². The molecule has 21 heavy (non-hydrogen) atoms. The third-order valence-corrected chi connectivity index (χ3v) is 4.05. The summed E-state index contributed by atoms with van der Waals surface area (Å²) < 4.78 is 7.39. The highest BCUT2D eigenvalue weighted by Crippen LogP contribution is 2.22. The molecule has 0 aromatic carbocycles. The lowest BCUT2D eigenvalue weighted by molar-refractivity contribution is -0.118. The third-order valence-electron chi connectivity index (χ3n) is 3.08. The molecule has 2 rings (SSSR count). The van der Waals surface area contributed by atoms with E-state index in [1.165, 1.54) is 11.8 Å². The summed E-state index contributed by atoms with van der Waals surface area (Å²) >= 11 is 1.40. The number of ether oxygens (including phenoxy) is 1. The molecule has 1 aliphatic heterocycles. The van der Waals surface area contributed by atoms with Gasteiger partial charge in [0, 0.05) is 26.2 Å². The number of thioether (sulfide) groups is 1. The molecule has 1 fully saturated rings. The highest BCUT2D eigenvalue weighted by atomic mass is 32.2. The van der Waals surface area contributed by atoms with Crippen molar-refractivity contribution < 1.29 is 9.53 Å². The Labute approximate surface area is 128 Å². The van der Waals surface area contributed by atoms with Crippen molar-refractivity contribution in [2.45, 2.75) is 18.6 Å². The van der Waals surface area contributed by atoms with Gasteiger partial charge in [-0.3, -0.25) is 9.36 Å². The highest BCUT2D eigenvalue weighted by molar-refractivity contribution is 7.99. The average molecular weight is 311 g/mol. The van der Waals surface area contributed by atoms with Gasteiger partial charge in [0.2, 0.25) is 11.9 Å². The molecule has 1 saturated heterocycles. The second-order valence-corrected chi connectivity index (χ2v) is 5.45. The molecule has 1 aliphatic rings. The number of anilines is 1. The molecular formula is C13H21N5O2S. The zero-order valence-electron chi connectivity index (χ0n) is 12.2. The first kappa shape index (κ1) is 15.8. The van der Waals surface area contributed by atoms with Crippen LogP contribution in [0.1, 0.15) is 6.92 Å². The quantitative estimate of drug-likeness (QED) is 0.585. The Kier molecular flexibility index (Phi) is 6.06. The van der Waals surface area contributed by atoms with Gasteiger partial charge < -0.3 is 15.0 Å². The Hall–Kier alpha value is -1.54. The van der Waals surface area contributed by atoms with Crippen LogP contribution in [0.15, 0.2) is 17.8 Å². The van der Waals surface area contributed by atoms with Crippen LogP contribution in [-0.2, 0) is 16.1 Å². The smallest absolute Gasteiger partial charge is 0.230 e. The van der Waals surface area contributed by atoms with E-state index in [1.54, 1.807) is 6.08 Å². The lowest BCUT2D eigenvalue weighted by Gasteiger charge is -2.27. The van der Waals surface area contributed by atoms with Crippen molar-refractivity contribution in [1.82, 2.24) is 20.1 Å². The Morgan fingerprint density at radius 1 is 1.48 bits per heavy atom. The Balaban J connectivity index is 1.98. The SMILES string of the molecule is C=CCNC(=O)CSc1nnc(N2CCOCC2)n1CC. The standard InChI is InChI=1S/C13H21N5O2S/c1-3-5-14-11(19)10-21-13-16-15-12(18(13)4-2)17-6-8-20-9-7-17/h3H,1,4-10H2,2H3,(H,14,19). The molecule has 7 nitrogen and oxygen atoms in total. The highest BCUT2D eigenvalue weighted by Gasteiger charge is 2.20. The summed E-state index contributed by atoms with van der Waals surface area (Å²) in [7, 11) is 0. The maximum absolute atomic E-state index is 11.6. The molecule has 0 bridgehead atoms. The number of carbonyl (C=O) groups excluding carboxylic acids is 1. The largest absolute Gasteiger partial charge is 0.378 e. The van der Waals surface area contributed by atoms with Gasteiger partial charge in [-0.15, -0.1) is 16.8 Å². The average Bonchev–Trinajstić information content (AvgIpc) is 2.94. The van der Waals surface area contributed by atoms with Crippen LogP contribution in [0.4, 0.5) is 5.95 Å². The van der Waals surface area contributed by atoms with E-state index in [4.69, 9.17) is 4.74 Å². The summed E-state index contributed by atoms with van der Waals surface area (Å²) in [6.45, 7) is 9.95. The maximum atomic E-state index is 11.6. The minimum atomic E-state index is -0.0292. The van der Waals surface area contributed by atoms with Crippen molar-refractivity contribution in [2.75, 3.05) is 43.5 Å². The fourth-order valence-corrected chi connectivity index (χ4v) is 2.86. The van der Waals surface area contributed by atoms with Crippen LogP contribution in [0.5, 0.6) is 0 Å². The zero-order valence-corrected chi connectivity index (χ0v) is 13.1. The molecule has 8 heteroatoms. The molecule has 1 N–H and O–H groups in total. The molecular weight excluding hydrogens is 290 g/mol. The van der Waals surface area contributed by atoms with Gasteiger partial charge in [-0.2, -0.15) is 0 Å². The maximum Gasteiger partial charge on any atom is 0.230 e. The second-order valence-electron chi connectivity index (χ2n) is 4.51. The van der Waals surface area contributed by atoms with Crippen molar-refractivity contribution in [3.8, 4) is 0 Å². The van der Waals surface area contributed by atoms with Gasteiger partial charge in [-0.1, -0.05) is 17.8 Å². The van der Waals surface area contributed by atoms with E-state index in [-0.39, 0.29) is 5.91 Å². The Bertz CT molecular complexity index is 485. The lowest BCUT2D eigenvalue weighted by atomic mass is 10.4. The van der Waals surface area contributed by atoms with Gasteiger partial charge in [0.05, 0.1) is 19.0 Å². The van der Waals surface area contributed by atoms with Gasteiger partial charge in [0.15, 0.2) is 5.16 Å². The number of carbonyl (C=O) groups is 1. The molecule has 0 unspecified atom stereocenters. The Morgan fingerprint density at radius 3 is 2.90 bits per heavy atom. The second kappa shape index (κ2) is 8.04. The van der Waals surface area contributed by atoms with Crippen molar-refractivity contribution >= 4 is 23.6 Å². The number of rotatable bonds is 7. The normalized spacial score (nSPS) is 15.0. The molecule has 116 valence electrons. The molecule has 0 saturated carbocycles. The summed E-state index contributed by atoms with van der Waals surface area (Å²) in [4.78, 5) is 13.8. The molecule has 0 atom stereocenters. The first-order valence-electron chi connectivity index (χ1n) is 7.02. The van der Waals surface area contributed by atoms with E-state index in [0.717, 1.165) is 30.7 Å².